The van der Waals surface area contributed by atoms with Gasteiger partial charge in [-0.25, -0.2) is 0 Å². The molecule has 1 rings (SSSR count). The van der Waals surface area contributed by atoms with Crippen molar-refractivity contribution in [3.63, 3.8) is 0 Å². The Kier molecular flexibility index (Phi) is 3.98. The molecule has 0 radical (unpaired) electrons. The molecule has 3 N–H and O–H groups in total. The molecule has 0 aliphatic heterocycles. The minimum atomic E-state index is -0.0412. The molecule has 0 aromatic heterocycles. The molecule has 0 saturated heterocycles. The second-order valence-electron chi connectivity index (χ2n) is 3.89. The van der Waals surface area contributed by atoms with E-state index in [1.165, 1.54) is 0 Å². The summed E-state index contributed by atoms with van der Waals surface area (Å²) in [5.41, 5.74) is 0. The zero-order chi connectivity index (χ0) is 8.97. The molecule has 3 nitrogen and oxygen atoms in total. The van der Waals surface area contributed by atoms with E-state index in [9.17, 15) is 0 Å². The molecular weight excluding hydrogens is 152 g/mol. The predicted molar refractivity (Wildman–Crippen MR) is 50.2 cm³/mol. The number of rotatable bonds is 5. The highest BCUT2D eigenvalue weighted by molar-refractivity contribution is 4.84. The first-order valence-electron chi connectivity index (χ1n) is 4.83. The van der Waals surface area contributed by atoms with Gasteiger partial charge < -0.3 is 15.7 Å². The van der Waals surface area contributed by atoms with E-state index in [4.69, 9.17) is 5.11 Å². The Balaban J connectivity index is 1.83. The molecule has 0 bridgehead atoms. The maximum Gasteiger partial charge on any atom is 0.0570 e. The first kappa shape index (κ1) is 9.96. The van der Waals surface area contributed by atoms with Crippen LogP contribution >= 0.6 is 0 Å². The zero-order valence-electron chi connectivity index (χ0n) is 8.01. The topological polar surface area (TPSA) is 44.3 Å². The smallest absolute Gasteiger partial charge is 0.0570 e. The highest BCUT2D eigenvalue weighted by Gasteiger charge is 2.25. The summed E-state index contributed by atoms with van der Waals surface area (Å²) in [5.74, 6) is 0. The van der Waals surface area contributed by atoms with Crippen molar-refractivity contribution >= 4 is 0 Å². The van der Waals surface area contributed by atoms with Gasteiger partial charge >= 0.3 is 0 Å². The molecule has 0 aromatic carbocycles. The van der Waals surface area contributed by atoms with Crippen molar-refractivity contribution in [2.24, 2.45) is 0 Å². The lowest BCUT2D eigenvalue weighted by atomic mass is 9.90. The van der Waals surface area contributed by atoms with Crippen molar-refractivity contribution in [3.8, 4) is 0 Å². The molecule has 1 fully saturated rings. The van der Waals surface area contributed by atoms with Crippen LogP contribution in [-0.4, -0.2) is 36.4 Å². The Bertz CT molecular complexity index is 122. The van der Waals surface area contributed by atoms with Crippen LogP contribution in [0.25, 0.3) is 0 Å². The zero-order valence-corrected chi connectivity index (χ0v) is 8.01. The highest BCUT2D eigenvalue weighted by atomic mass is 16.3. The van der Waals surface area contributed by atoms with Gasteiger partial charge in [-0.05, 0) is 12.8 Å². The Morgan fingerprint density at radius 3 is 2.50 bits per heavy atom. The van der Waals surface area contributed by atoms with E-state index in [-0.39, 0.29) is 6.10 Å². The van der Waals surface area contributed by atoms with E-state index in [1.807, 2.05) is 0 Å². The lowest BCUT2D eigenvalue weighted by Gasteiger charge is -2.32. The highest BCUT2D eigenvalue weighted by Crippen LogP contribution is 2.18. The van der Waals surface area contributed by atoms with Crippen molar-refractivity contribution in [1.82, 2.24) is 10.6 Å². The van der Waals surface area contributed by atoms with Gasteiger partial charge in [-0.15, -0.1) is 0 Å². The fourth-order valence-corrected chi connectivity index (χ4v) is 1.39. The monoisotopic (exact) mass is 172 g/mol. The van der Waals surface area contributed by atoms with Crippen molar-refractivity contribution in [1.29, 1.82) is 0 Å². The third-order valence-corrected chi connectivity index (χ3v) is 2.22. The van der Waals surface area contributed by atoms with Crippen LogP contribution in [0.3, 0.4) is 0 Å². The molecule has 72 valence electrons. The van der Waals surface area contributed by atoms with Gasteiger partial charge in [-0.1, -0.05) is 13.8 Å². The molecule has 0 spiro atoms. The van der Waals surface area contributed by atoms with Crippen LogP contribution in [0.2, 0.25) is 0 Å². The summed E-state index contributed by atoms with van der Waals surface area (Å²) < 4.78 is 0. The van der Waals surface area contributed by atoms with Gasteiger partial charge in [0.05, 0.1) is 6.10 Å². The van der Waals surface area contributed by atoms with E-state index < -0.39 is 0 Å². The van der Waals surface area contributed by atoms with Crippen LogP contribution in [0.1, 0.15) is 26.7 Å². The van der Waals surface area contributed by atoms with Gasteiger partial charge in [-0.3, -0.25) is 0 Å². The van der Waals surface area contributed by atoms with Crippen molar-refractivity contribution < 1.29 is 5.11 Å². The van der Waals surface area contributed by atoms with Gasteiger partial charge in [-0.2, -0.15) is 0 Å². The minimum Gasteiger partial charge on any atom is -0.393 e. The van der Waals surface area contributed by atoms with Crippen LogP contribution < -0.4 is 10.6 Å². The van der Waals surface area contributed by atoms with E-state index in [0.717, 1.165) is 25.9 Å². The average Bonchev–Trinajstić information content (AvgIpc) is 1.93. The standard InChI is InChI=1S/C9H20N2O/c1-7(2)10-3-4-11-8-5-9(12)6-8/h7-12H,3-6H2,1-2H3. The van der Waals surface area contributed by atoms with Gasteiger partial charge in [0.15, 0.2) is 0 Å². The largest absolute Gasteiger partial charge is 0.393 e. The van der Waals surface area contributed by atoms with Gasteiger partial charge in [0.1, 0.15) is 0 Å². The van der Waals surface area contributed by atoms with Gasteiger partial charge in [0, 0.05) is 25.2 Å². The second-order valence-corrected chi connectivity index (χ2v) is 3.89. The lowest BCUT2D eigenvalue weighted by molar-refractivity contribution is 0.0628. The van der Waals surface area contributed by atoms with E-state index in [2.05, 4.69) is 24.5 Å². The van der Waals surface area contributed by atoms with Crippen LogP contribution in [0.15, 0.2) is 0 Å². The van der Waals surface area contributed by atoms with Crippen molar-refractivity contribution in [3.05, 3.63) is 0 Å². The number of hydrogen-bond acceptors (Lipinski definition) is 3. The fourth-order valence-electron chi connectivity index (χ4n) is 1.39. The number of nitrogens with one attached hydrogen (secondary N) is 2. The number of hydrogen-bond donors (Lipinski definition) is 3. The summed E-state index contributed by atoms with van der Waals surface area (Å²) in [6.07, 6.45) is 1.82. The molecule has 1 saturated carbocycles. The molecule has 1 aliphatic rings. The summed E-state index contributed by atoms with van der Waals surface area (Å²) in [6.45, 7) is 6.32. The van der Waals surface area contributed by atoms with E-state index in [0.29, 0.717) is 12.1 Å². The van der Waals surface area contributed by atoms with E-state index >= 15 is 0 Å². The average molecular weight is 172 g/mol. The quantitative estimate of drug-likeness (QED) is 0.515. The predicted octanol–water partition coefficient (Wildman–Crippen LogP) is 0.0973. The Morgan fingerprint density at radius 1 is 1.33 bits per heavy atom. The van der Waals surface area contributed by atoms with Gasteiger partial charge in [0.2, 0.25) is 0 Å². The molecular formula is C9H20N2O. The number of aliphatic hydroxyl groups is 1. The molecule has 0 unspecified atom stereocenters. The van der Waals surface area contributed by atoms with Crippen molar-refractivity contribution in [2.75, 3.05) is 13.1 Å². The fraction of sp³-hybridized carbons (Fsp3) is 1.00. The second kappa shape index (κ2) is 4.80. The molecule has 3 heteroatoms. The Hall–Kier alpha value is -0.120. The van der Waals surface area contributed by atoms with Crippen LogP contribution in [0.5, 0.6) is 0 Å². The summed E-state index contributed by atoms with van der Waals surface area (Å²) in [4.78, 5) is 0. The third-order valence-electron chi connectivity index (χ3n) is 2.22. The third kappa shape index (κ3) is 3.52. The van der Waals surface area contributed by atoms with Crippen molar-refractivity contribution in [2.45, 2.75) is 44.9 Å². The summed E-state index contributed by atoms with van der Waals surface area (Å²) in [6, 6.07) is 1.13. The first-order valence-corrected chi connectivity index (χ1v) is 4.83. The molecule has 12 heavy (non-hydrogen) atoms. The summed E-state index contributed by atoms with van der Waals surface area (Å²) >= 11 is 0. The molecule has 0 heterocycles. The first-order chi connectivity index (χ1) is 5.68. The normalized spacial score (nSPS) is 29.0. The Morgan fingerprint density at radius 2 is 2.00 bits per heavy atom. The Labute approximate surface area is 74.5 Å². The maximum absolute atomic E-state index is 9.01. The maximum atomic E-state index is 9.01. The summed E-state index contributed by atoms with van der Waals surface area (Å²) in [5, 5.41) is 15.7. The minimum absolute atomic E-state index is 0.0412. The van der Waals surface area contributed by atoms with Gasteiger partial charge in [0.25, 0.3) is 0 Å². The van der Waals surface area contributed by atoms with Crippen LogP contribution in [0, 0.1) is 0 Å². The molecule has 1 aliphatic carbocycles. The van der Waals surface area contributed by atoms with E-state index in [1.54, 1.807) is 0 Å². The van der Waals surface area contributed by atoms with Crippen LogP contribution in [-0.2, 0) is 0 Å². The summed E-state index contributed by atoms with van der Waals surface area (Å²) in [7, 11) is 0. The SMILES string of the molecule is CC(C)NCCNC1CC(O)C1. The lowest BCUT2D eigenvalue weighted by Crippen LogP contribution is -2.46. The van der Waals surface area contributed by atoms with Crippen LogP contribution in [0.4, 0.5) is 0 Å². The molecule has 0 atom stereocenters. The number of aliphatic hydroxyl groups excluding tert-OH is 1. The molecule has 0 aromatic rings. The molecule has 0 amide bonds.